The summed E-state index contributed by atoms with van der Waals surface area (Å²) in [5.74, 6) is 0.326. The number of anilines is 1. The van der Waals surface area contributed by atoms with E-state index in [9.17, 15) is 4.79 Å². The monoisotopic (exact) mass is 373 g/mol. The summed E-state index contributed by atoms with van der Waals surface area (Å²) in [6, 6.07) is 13.9. The van der Waals surface area contributed by atoms with Gasteiger partial charge in [-0.2, -0.15) is 0 Å². The second-order valence-electron chi connectivity index (χ2n) is 7.04. The predicted octanol–water partition coefficient (Wildman–Crippen LogP) is 2.69. The van der Waals surface area contributed by atoms with Gasteiger partial charge in [0.05, 0.1) is 5.69 Å². The van der Waals surface area contributed by atoms with Crippen LogP contribution in [0, 0.1) is 5.92 Å². The average Bonchev–Trinajstić information content (AvgIpc) is 2.98. The summed E-state index contributed by atoms with van der Waals surface area (Å²) < 4.78 is 0. The molecule has 142 valence electrons. The van der Waals surface area contributed by atoms with Crippen LogP contribution in [0.4, 0.5) is 5.69 Å². The normalized spacial score (nSPS) is 17.2. The molecule has 0 bridgehead atoms. The van der Waals surface area contributed by atoms with Crippen molar-refractivity contribution in [1.82, 2.24) is 19.9 Å². The summed E-state index contributed by atoms with van der Waals surface area (Å²) in [5, 5.41) is 0. The Morgan fingerprint density at radius 1 is 0.929 bits per heavy atom. The summed E-state index contributed by atoms with van der Waals surface area (Å²) in [7, 11) is 0. The molecule has 28 heavy (non-hydrogen) atoms. The molecule has 2 aromatic heterocycles. The van der Waals surface area contributed by atoms with Crippen LogP contribution in [0.1, 0.15) is 16.1 Å². The van der Waals surface area contributed by atoms with Crippen molar-refractivity contribution in [1.29, 1.82) is 0 Å². The summed E-state index contributed by atoms with van der Waals surface area (Å²) in [4.78, 5) is 30.0. The van der Waals surface area contributed by atoms with Crippen LogP contribution in [0.5, 0.6) is 0 Å². The number of benzene rings is 1. The van der Waals surface area contributed by atoms with E-state index in [1.807, 2.05) is 17.2 Å². The highest BCUT2D eigenvalue weighted by Gasteiger charge is 2.27. The number of carbonyl (C=O) groups is 1. The number of nitrogens with zero attached hydrogens (tertiary/aromatic N) is 5. The first-order valence-corrected chi connectivity index (χ1v) is 9.54. The number of para-hydroxylation sites is 1. The van der Waals surface area contributed by atoms with Gasteiger partial charge < -0.3 is 9.80 Å². The molecule has 0 saturated carbocycles. The Kier molecular flexibility index (Phi) is 5.56. The molecule has 3 aromatic rings. The molecule has 1 aliphatic rings. The number of rotatable bonds is 4. The van der Waals surface area contributed by atoms with E-state index in [1.165, 1.54) is 5.69 Å². The number of amides is 1. The molecule has 6 nitrogen and oxygen atoms in total. The highest BCUT2D eigenvalue weighted by atomic mass is 16.2. The molecular weight excluding hydrogens is 350 g/mol. The Hall–Kier alpha value is -3.28. The van der Waals surface area contributed by atoms with Crippen molar-refractivity contribution in [2.24, 2.45) is 5.92 Å². The molecule has 1 atom stereocenters. The zero-order valence-corrected chi connectivity index (χ0v) is 15.7. The van der Waals surface area contributed by atoms with Crippen LogP contribution in [-0.4, -0.2) is 51.9 Å². The van der Waals surface area contributed by atoms with Crippen molar-refractivity contribution in [3.63, 3.8) is 0 Å². The Morgan fingerprint density at radius 3 is 2.50 bits per heavy atom. The maximum absolute atomic E-state index is 13.0. The minimum Gasteiger partial charge on any atom is -0.369 e. The lowest BCUT2D eigenvalue weighted by molar-refractivity contribution is 0.0747. The molecule has 1 aromatic carbocycles. The van der Waals surface area contributed by atoms with Gasteiger partial charge in [0.2, 0.25) is 0 Å². The van der Waals surface area contributed by atoms with Gasteiger partial charge in [0, 0.05) is 68.4 Å². The molecule has 0 N–H and O–H groups in total. The molecule has 1 amide bonds. The molecule has 1 aliphatic heterocycles. The van der Waals surface area contributed by atoms with Crippen LogP contribution in [0.25, 0.3) is 0 Å². The van der Waals surface area contributed by atoms with Gasteiger partial charge in [0.1, 0.15) is 0 Å². The lowest BCUT2D eigenvalue weighted by Crippen LogP contribution is -2.36. The second kappa shape index (κ2) is 8.61. The van der Waals surface area contributed by atoms with Crippen LogP contribution < -0.4 is 4.90 Å². The van der Waals surface area contributed by atoms with E-state index in [0.717, 1.165) is 25.2 Å². The first-order valence-electron chi connectivity index (χ1n) is 9.54. The first-order chi connectivity index (χ1) is 13.8. The van der Waals surface area contributed by atoms with Crippen LogP contribution in [0.15, 0.2) is 73.4 Å². The third kappa shape index (κ3) is 4.34. The topological polar surface area (TPSA) is 62.2 Å². The van der Waals surface area contributed by atoms with Crippen molar-refractivity contribution >= 4 is 11.6 Å². The molecule has 6 heteroatoms. The van der Waals surface area contributed by atoms with Gasteiger partial charge in [-0.1, -0.05) is 18.2 Å². The van der Waals surface area contributed by atoms with Crippen molar-refractivity contribution in [2.75, 3.05) is 31.1 Å². The van der Waals surface area contributed by atoms with Gasteiger partial charge in [0.15, 0.2) is 0 Å². The molecule has 3 heterocycles. The van der Waals surface area contributed by atoms with Crippen LogP contribution >= 0.6 is 0 Å². The molecule has 0 spiro atoms. The maximum Gasteiger partial charge on any atom is 0.254 e. The molecule has 4 rings (SSSR count). The van der Waals surface area contributed by atoms with E-state index in [0.29, 0.717) is 18.7 Å². The zero-order chi connectivity index (χ0) is 19.2. The molecule has 0 aliphatic carbocycles. The number of aromatic nitrogens is 3. The lowest BCUT2D eigenvalue weighted by atomic mass is 10.0. The Labute approximate surface area is 164 Å². The third-order valence-corrected chi connectivity index (χ3v) is 5.05. The molecular formula is C22H23N5O. The van der Waals surface area contributed by atoms with Crippen molar-refractivity contribution in [3.8, 4) is 0 Å². The van der Waals surface area contributed by atoms with Crippen molar-refractivity contribution in [3.05, 3.63) is 84.7 Å². The fourth-order valence-electron chi connectivity index (χ4n) is 3.70. The number of pyridine rings is 1. The van der Waals surface area contributed by atoms with E-state index >= 15 is 0 Å². The first kappa shape index (κ1) is 18.1. The van der Waals surface area contributed by atoms with Crippen molar-refractivity contribution in [2.45, 2.75) is 6.42 Å². The number of carbonyl (C=O) groups excluding carboxylic acids is 1. The quantitative estimate of drug-likeness (QED) is 0.704. The number of hydrogen-bond donors (Lipinski definition) is 0. The second-order valence-corrected chi connectivity index (χ2v) is 7.04. The van der Waals surface area contributed by atoms with E-state index in [-0.39, 0.29) is 11.8 Å². The van der Waals surface area contributed by atoms with E-state index < -0.39 is 0 Å². The highest BCUT2D eigenvalue weighted by Crippen LogP contribution is 2.21. The molecule has 1 saturated heterocycles. The minimum atomic E-state index is 0.0569. The van der Waals surface area contributed by atoms with Gasteiger partial charge >= 0.3 is 0 Å². The largest absolute Gasteiger partial charge is 0.369 e. The predicted molar refractivity (Wildman–Crippen MR) is 108 cm³/mol. The molecule has 0 radical (unpaired) electrons. The number of hydrogen-bond acceptors (Lipinski definition) is 5. The SMILES string of the molecule is O=C(c1ccncc1)N1CCN(c2ccccc2)CC(Cc2cnccn2)C1. The summed E-state index contributed by atoms with van der Waals surface area (Å²) in [6.45, 7) is 3.06. The fraction of sp³-hybridized carbons (Fsp3) is 0.273. The van der Waals surface area contributed by atoms with Crippen LogP contribution in [0.2, 0.25) is 0 Å². The van der Waals surface area contributed by atoms with Crippen LogP contribution in [-0.2, 0) is 6.42 Å². The fourth-order valence-corrected chi connectivity index (χ4v) is 3.70. The molecule has 1 unspecified atom stereocenters. The Bertz CT molecular complexity index is 889. The van der Waals surface area contributed by atoms with E-state index in [1.54, 1.807) is 36.9 Å². The van der Waals surface area contributed by atoms with Gasteiger partial charge in [-0.3, -0.25) is 19.7 Å². The molecule has 1 fully saturated rings. The minimum absolute atomic E-state index is 0.0569. The van der Waals surface area contributed by atoms with Crippen LogP contribution in [0.3, 0.4) is 0 Å². The summed E-state index contributed by atoms with van der Waals surface area (Å²) in [5.41, 5.74) is 2.82. The van der Waals surface area contributed by atoms with Crippen molar-refractivity contribution < 1.29 is 4.79 Å². The lowest BCUT2D eigenvalue weighted by Gasteiger charge is -2.25. The average molecular weight is 373 g/mol. The summed E-state index contributed by atoms with van der Waals surface area (Å²) >= 11 is 0. The van der Waals surface area contributed by atoms with E-state index in [2.05, 4.69) is 44.1 Å². The van der Waals surface area contributed by atoms with E-state index in [4.69, 9.17) is 0 Å². The zero-order valence-electron chi connectivity index (χ0n) is 15.7. The van der Waals surface area contributed by atoms with Gasteiger partial charge in [0.25, 0.3) is 5.91 Å². The van der Waals surface area contributed by atoms with Gasteiger partial charge in [-0.05, 0) is 36.6 Å². The Morgan fingerprint density at radius 2 is 1.75 bits per heavy atom. The smallest absolute Gasteiger partial charge is 0.254 e. The summed E-state index contributed by atoms with van der Waals surface area (Å²) in [6.07, 6.45) is 9.34. The van der Waals surface area contributed by atoms with Gasteiger partial charge in [-0.25, -0.2) is 0 Å². The Balaban J connectivity index is 1.57. The standard InChI is InChI=1S/C22H23N5O/c28-22(19-6-8-23-9-7-19)27-13-12-26(21-4-2-1-3-5-21)16-18(17-27)14-20-15-24-10-11-25-20/h1-11,15,18H,12-14,16-17H2. The highest BCUT2D eigenvalue weighted by molar-refractivity contribution is 5.94. The van der Waals surface area contributed by atoms with Gasteiger partial charge in [-0.15, -0.1) is 0 Å². The third-order valence-electron chi connectivity index (χ3n) is 5.05. The maximum atomic E-state index is 13.0.